The lowest BCUT2D eigenvalue weighted by atomic mass is 9.67. The molecule has 14 N–H and O–H groups in total. The van der Waals surface area contributed by atoms with Crippen LogP contribution in [0, 0.1) is 11.3 Å². The van der Waals surface area contributed by atoms with Gasteiger partial charge in [0.05, 0.1) is 152 Å². The minimum atomic E-state index is -1.42. The molecule has 566 valence electrons. The number of ketones is 1. The summed E-state index contributed by atoms with van der Waals surface area (Å²) < 4.78 is 83.7. The maximum absolute atomic E-state index is 13.3. The first-order chi connectivity index (χ1) is 46.6. The lowest BCUT2D eigenvalue weighted by Crippen LogP contribution is -2.64. The molecule has 0 aromatic rings. The molecule has 0 aromatic heterocycles. The van der Waals surface area contributed by atoms with E-state index in [0.717, 1.165) is 0 Å². The van der Waals surface area contributed by atoms with Gasteiger partial charge >= 0.3 is 0 Å². The average molecular weight is 1410 g/mol. The first kappa shape index (κ1) is 87.3. The minimum absolute atomic E-state index is 0.00338. The number of amides is 5. The number of carbonyl (C=O) groups excluding carboxylic acids is 6. The van der Waals surface area contributed by atoms with Gasteiger partial charge in [0.15, 0.2) is 18.9 Å². The average Bonchev–Trinajstić information content (AvgIpc) is 0.833. The number of hydrogen-bond donors (Lipinski definition) is 14. The lowest BCUT2D eigenvalue weighted by molar-refractivity contribution is -0.272. The molecule has 15 atom stereocenters. The Kier molecular flexibility index (Phi) is 46.1. The highest BCUT2D eigenvalue weighted by Crippen LogP contribution is 2.42. The van der Waals surface area contributed by atoms with Gasteiger partial charge < -0.3 is 144 Å². The molecule has 3 fully saturated rings. The zero-order chi connectivity index (χ0) is 71.4. The van der Waals surface area contributed by atoms with Crippen molar-refractivity contribution in [2.24, 2.45) is 11.3 Å². The molecule has 3 rings (SSSR count). The molecule has 0 bridgehead atoms. The van der Waals surface area contributed by atoms with Crippen LogP contribution in [0.4, 0.5) is 0 Å². The third-order valence-electron chi connectivity index (χ3n) is 16.2. The number of hydrogen-bond acceptors (Lipinski definition) is 30. The predicted octanol–water partition coefficient (Wildman–Crippen LogP) is -5.42. The summed E-state index contributed by atoms with van der Waals surface area (Å²) in [6.07, 6.45) is -12.6. The summed E-state index contributed by atoms with van der Waals surface area (Å²) in [5.41, 5.74) is -0.542. The highest BCUT2D eigenvalue weighted by Gasteiger charge is 2.48. The number of aliphatic hydroxyl groups excluding tert-OH is 9. The lowest BCUT2D eigenvalue weighted by Gasteiger charge is -2.42. The largest absolute Gasteiger partial charge is 0.394 e. The van der Waals surface area contributed by atoms with Crippen LogP contribution in [-0.4, -0.2) is 345 Å². The summed E-state index contributed by atoms with van der Waals surface area (Å²) in [7, 11) is 0. The summed E-state index contributed by atoms with van der Waals surface area (Å²) in [5, 5.41) is 104. The standard InChI is InChI=1S/C62H113N5O30/c1-40(2)62(11-8-44(74)7-6-16-83-19-22-86-25-28-89-31-34-92-59-50(65-41(3)71)56(80)53(77)45(37-68)95-59,12-9-48(75)63-14-17-84-20-23-87-26-29-90-32-35-93-60-51(66-42(4)72)57(81)54(78)46(38-69)96-60)13-10-49(76)64-15-18-85-21-24-88-27-30-91-33-36-94-61-52(67-43(5)73)58(82)55(79)47(39-70)97-61/h40,45-47,50-61,68-70,77-82H,6-39H2,1-5H3,(H,63,75)(H,64,76)(H,65,71)(H,66,72)(H,67,73). The van der Waals surface area contributed by atoms with Gasteiger partial charge in [0.2, 0.25) is 29.5 Å². The number of rotatable bonds is 56. The highest BCUT2D eigenvalue weighted by molar-refractivity contribution is 5.79. The van der Waals surface area contributed by atoms with Gasteiger partial charge in [-0.1, -0.05) is 13.8 Å². The second kappa shape index (κ2) is 51.2. The summed E-state index contributed by atoms with van der Waals surface area (Å²) in [6.45, 7) is 10.8. The second-order valence-corrected chi connectivity index (χ2v) is 23.8. The van der Waals surface area contributed by atoms with Crippen LogP contribution in [0.25, 0.3) is 0 Å². The maximum Gasteiger partial charge on any atom is 0.220 e. The van der Waals surface area contributed by atoms with Crippen LogP contribution in [-0.2, 0) is 99.8 Å². The molecular weight excluding hydrogens is 1290 g/mol. The summed E-state index contributed by atoms with van der Waals surface area (Å²) in [6, 6.07) is -3.18. The molecule has 3 aliphatic heterocycles. The topological polar surface area (TPSA) is 483 Å². The van der Waals surface area contributed by atoms with Crippen molar-refractivity contribution in [1.82, 2.24) is 26.6 Å². The molecule has 0 spiro atoms. The van der Waals surface area contributed by atoms with Gasteiger partial charge in [-0.3, -0.25) is 28.8 Å². The molecule has 5 amide bonds. The van der Waals surface area contributed by atoms with E-state index in [9.17, 15) is 74.7 Å². The minimum Gasteiger partial charge on any atom is -0.394 e. The third-order valence-corrected chi connectivity index (χ3v) is 16.2. The zero-order valence-electron chi connectivity index (χ0n) is 56.9. The number of aliphatic hydroxyl groups is 9. The van der Waals surface area contributed by atoms with E-state index in [0.29, 0.717) is 32.3 Å². The molecule has 0 saturated carbocycles. The van der Waals surface area contributed by atoms with Crippen LogP contribution in [0.2, 0.25) is 0 Å². The fourth-order valence-electron chi connectivity index (χ4n) is 10.7. The van der Waals surface area contributed by atoms with E-state index in [4.69, 9.17) is 71.1 Å². The van der Waals surface area contributed by atoms with Crippen LogP contribution >= 0.6 is 0 Å². The fourth-order valence-corrected chi connectivity index (χ4v) is 10.7. The molecule has 35 nitrogen and oxygen atoms in total. The van der Waals surface area contributed by atoms with E-state index in [2.05, 4.69) is 26.6 Å². The van der Waals surface area contributed by atoms with Crippen LogP contribution in [0.15, 0.2) is 0 Å². The van der Waals surface area contributed by atoms with Crippen LogP contribution in [0.1, 0.15) is 86.0 Å². The molecule has 3 aliphatic rings. The van der Waals surface area contributed by atoms with Gasteiger partial charge in [0.25, 0.3) is 0 Å². The van der Waals surface area contributed by atoms with Crippen molar-refractivity contribution in [2.45, 2.75) is 178 Å². The first-order valence-electron chi connectivity index (χ1n) is 33.4. The normalized spacial score (nSPS) is 26.5. The molecule has 35 heteroatoms. The third kappa shape index (κ3) is 35.0. The Morgan fingerprint density at radius 3 is 0.918 bits per heavy atom. The number of Topliss-reactive ketones (excluding diaryl/α,β-unsaturated/α-hetero) is 1. The van der Waals surface area contributed by atoms with Crippen molar-refractivity contribution < 1.29 is 146 Å². The van der Waals surface area contributed by atoms with Crippen molar-refractivity contribution >= 4 is 35.3 Å². The Balaban J connectivity index is 1.34. The number of nitrogens with one attached hydrogen (secondary N) is 5. The van der Waals surface area contributed by atoms with Gasteiger partial charge in [-0.05, 0) is 37.0 Å². The van der Waals surface area contributed by atoms with E-state index in [1.165, 1.54) is 20.8 Å². The molecule has 3 heterocycles. The van der Waals surface area contributed by atoms with Gasteiger partial charge in [0, 0.05) is 66.2 Å². The highest BCUT2D eigenvalue weighted by atomic mass is 16.7. The van der Waals surface area contributed by atoms with Gasteiger partial charge in [-0.25, -0.2) is 0 Å². The van der Waals surface area contributed by atoms with Crippen LogP contribution in [0.5, 0.6) is 0 Å². The van der Waals surface area contributed by atoms with Crippen molar-refractivity contribution in [2.75, 3.05) is 172 Å². The predicted molar refractivity (Wildman–Crippen MR) is 337 cm³/mol. The maximum atomic E-state index is 13.3. The Bertz CT molecular complexity index is 1930. The molecule has 0 aromatic carbocycles. The number of ether oxygens (including phenoxy) is 15. The molecule has 0 aliphatic carbocycles. The van der Waals surface area contributed by atoms with Crippen LogP contribution < -0.4 is 26.6 Å². The van der Waals surface area contributed by atoms with E-state index in [1.54, 1.807) is 0 Å². The van der Waals surface area contributed by atoms with Crippen molar-refractivity contribution in [3.63, 3.8) is 0 Å². The smallest absolute Gasteiger partial charge is 0.220 e. The quantitative estimate of drug-likeness (QED) is 0.0253. The van der Waals surface area contributed by atoms with E-state index >= 15 is 0 Å². The van der Waals surface area contributed by atoms with E-state index < -0.39 is 135 Å². The zero-order valence-corrected chi connectivity index (χ0v) is 56.9. The Hall–Kier alpha value is -3.94. The Labute approximate surface area is 567 Å². The van der Waals surface area contributed by atoms with E-state index in [1.807, 2.05) is 13.8 Å². The molecule has 3 saturated heterocycles. The van der Waals surface area contributed by atoms with Gasteiger partial charge in [0.1, 0.15) is 78.8 Å². The van der Waals surface area contributed by atoms with Gasteiger partial charge in [-0.15, -0.1) is 0 Å². The van der Waals surface area contributed by atoms with Crippen molar-refractivity contribution in [1.29, 1.82) is 0 Å². The number of carbonyl (C=O) groups is 6. The van der Waals surface area contributed by atoms with E-state index in [-0.39, 0.29) is 194 Å². The molecule has 15 unspecified atom stereocenters. The Morgan fingerprint density at radius 1 is 0.371 bits per heavy atom. The van der Waals surface area contributed by atoms with Crippen molar-refractivity contribution in [3.05, 3.63) is 0 Å². The summed E-state index contributed by atoms with van der Waals surface area (Å²) >= 11 is 0. The Morgan fingerprint density at radius 2 is 0.639 bits per heavy atom. The monoisotopic (exact) mass is 1410 g/mol. The summed E-state index contributed by atoms with van der Waals surface area (Å²) in [5.74, 6) is -1.79. The first-order valence-corrected chi connectivity index (χ1v) is 33.4. The SMILES string of the molecule is CC(=O)NC1C(OCCOCCOCCOCCCC(=O)CCC(CCC(=O)NCCOCCOCCOCCOC2OC(CO)C(O)C(O)C2NC(C)=O)(CCC(=O)NCCOCCOCCOCCOC2OC(CO)C(O)C(O)C2NC(C)=O)C(C)C)OC(CO)C(O)C1O. The molecule has 97 heavy (non-hydrogen) atoms. The molecule has 0 radical (unpaired) electrons. The van der Waals surface area contributed by atoms with Crippen molar-refractivity contribution in [3.8, 4) is 0 Å². The van der Waals surface area contributed by atoms with Gasteiger partial charge in [-0.2, -0.15) is 0 Å². The second-order valence-electron chi connectivity index (χ2n) is 23.8. The fraction of sp³-hybridized carbons (Fsp3) is 0.903. The van der Waals surface area contributed by atoms with Crippen LogP contribution in [0.3, 0.4) is 0 Å². The summed E-state index contributed by atoms with van der Waals surface area (Å²) in [4.78, 5) is 74.7. The molecular formula is C62H113N5O30.